The quantitative estimate of drug-likeness (QED) is 0.130. The second-order valence-electron chi connectivity index (χ2n) is 16.9. The molecule has 15 heteroatoms. The molecule has 54 heavy (non-hydrogen) atoms. The van der Waals surface area contributed by atoms with Crippen LogP contribution in [0.15, 0.2) is 36.7 Å². The van der Waals surface area contributed by atoms with Crippen molar-refractivity contribution in [1.29, 1.82) is 0 Å². The normalized spacial score (nSPS) is 12.4. The van der Waals surface area contributed by atoms with Gasteiger partial charge in [0, 0.05) is 31.0 Å². The van der Waals surface area contributed by atoms with Gasteiger partial charge < -0.3 is 18.9 Å². The maximum atomic E-state index is 12.7. The molecule has 3 aromatic rings. The Balaban J connectivity index is 1.85. The Morgan fingerprint density at radius 1 is 0.593 bits per heavy atom. The number of rotatable bonds is 14. The first-order chi connectivity index (χ1) is 24.8. The zero-order chi connectivity index (χ0) is 40.6. The fourth-order valence-electron chi connectivity index (χ4n) is 4.99. The van der Waals surface area contributed by atoms with E-state index in [1.54, 1.807) is 130 Å². The van der Waals surface area contributed by atoms with Gasteiger partial charge in [-0.25, -0.2) is 14.3 Å². The molecule has 294 valence electrons. The Kier molecular flexibility index (Phi) is 13.9. The van der Waals surface area contributed by atoms with Crippen LogP contribution in [0, 0.1) is 12.3 Å². The first kappa shape index (κ1) is 43.3. The summed E-state index contributed by atoms with van der Waals surface area (Å²) in [7, 11) is 0. The molecule has 3 heterocycles. The van der Waals surface area contributed by atoms with Gasteiger partial charge in [-0.05, 0) is 107 Å². The van der Waals surface area contributed by atoms with E-state index in [9.17, 15) is 19.2 Å². The third-order valence-electron chi connectivity index (χ3n) is 6.59. The number of aromatic nitrogens is 5. The summed E-state index contributed by atoms with van der Waals surface area (Å²) in [5.74, 6) is 1.47. The van der Waals surface area contributed by atoms with Crippen LogP contribution in [0.25, 0.3) is 11.6 Å². The van der Waals surface area contributed by atoms with E-state index in [1.165, 1.54) is 9.36 Å². The van der Waals surface area contributed by atoms with Gasteiger partial charge in [0.25, 0.3) is 0 Å². The molecule has 0 radical (unpaired) electrons. The first-order valence-corrected chi connectivity index (χ1v) is 17.7. The van der Waals surface area contributed by atoms with Crippen LogP contribution in [0.3, 0.4) is 0 Å². The Morgan fingerprint density at radius 3 is 1.15 bits per heavy atom. The van der Waals surface area contributed by atoms with E-state index in [-0.39, 0.29) is 39.3 Å². The largest absolute Gasteiger partial charge is 0.459 e. The summed E-state index contributed by atoms with van der Waals surface area (Å²) in [6.07, 6.45) is 9.21. The topological polar surface area (TPSA) is 160 Å². The monoisotopic (exact) mass is 749 g/mol. The number of hydrogen-bond acceptors (Lipinski definition) is 13. The van der Waals surface area contributed by atoms with Crippen molar-refractivity contribution in [3.63, 3.8) is 0 Å². The predicted molar refractivity (Wildman–Crippen MR) is 200 cm³/mol. The molecule has 0 aliphatic rings. The highest BCUT2D eigenvalue weighted by Crippen LogP contribution is 2.17. The second-order valence-corrected chi connectivity index (χ2v) is 16.9. The van der Waals surface area contributed by atoms with Crippen molar-refractivity contribution in [3.05, 3.63) is 53.6 Å². The van der Waals surface area contributed by atoms with E-state index in [1.807, 2.05) is 0 Å². The lowest BCUT2D eigenvalue weighted by Gasteiger charge is -2.26. The van der Waals surface area contributed by atoms with Gasteiger partial charge in [0.15, 0.2) is 11.6 Å². The number of esters is 4. The van der Waals surface area contributed by atoms with Gasteiger partial charge >= 0.3 is 23.9 Å². The SMILES string of the molecule is C#Cc1cc(-n2ccc(CN(CC(=O)OC(C)(C)C)CC(=O)OC(C)(C)C)n2)nc(-n2ccc(CN(CC(=O)OC(C)(C)C)CC(=O)OC(C)(C)C)n2)c1. The van der Waals surface area contributed by atoms with E-state index in [0.717, 1.165) is 0 Å². The van der Waals surface area contributed by atoms with Gasteiger partial charge in [-0.3, -0.25) is 29.0 Å². The summed E-state index contributed by atoms with van der Waals surface area (Å²) in [5.41, 5.74) is -1.18. The number of carbonyl (C=O) groups excluding carboxylic acids is 4. The lowest BCUT2D eigenvalue weighted by molar-refractivity contribution is -0.162. The third-order valence-corrected chi connectivity index (χ3v) is 6.59. The second kappa shape index (κ2) is 17.4. The van der Waals surface area contributed by atoms with Crippen LogP contribution in [0.5, 0.6) is 0 Å². The number of nitrogens with zero attached hydrogens (tertiary/aromatic N) is 7. The number of terminal acetylenes is 1. The van der Waals surface area contributed by atoms with Gasteiger partial charge in [0.2, 0.25) is 0 Å². The zero-order valence-corrected chi connectivity index (χ0v) is 33.7. The summed E-state index contributed by atoms with van der Waals surface area (Å²) < 4.78 is 25.1. The molecule has 0 bridgehead atoms. The molecular weight excluding hydrogens is 694 g/mol. The van der Waals surface area contributed by atoms with E-state index in [0.29, 0.717) is 28.6 Å². The summed E-state index contributed by atoms with van der Waals surface area (Å²) >= 11 is 0. The molecule has 15 nitrogen and oxygen atoms in total. The molecule has 0 spiro atoms. The molecule has 3 aromatic heterocycles. The lowest BCUT2D eigenvalue weighted by Crippen LogP contribution is -2.39. The molecule has 0 aliphatic heterocycles. The number of carbonyl (C=O) groups is 4. The highest BCUT2D eigenvalue weighted by Gasteiger charge is 2.26. The number of pyridine rings is 1. The van der Waals surface area contributed by atoms with E-state index in [2.05, 4.69) is 16.1 Å². The van der Waals surface area contributed by atoms with Crippen molar-refractivity contribution < 1.29 is 38.1 Å². The molecule has 0 N–H and O–H groups in total. The van der Waals surface area contributed by atoms with E-state index < -0.39 is 46.3 Å². The minimum Gasteiger partial charge on any atom is -0.459 e. The lowest BCUT2D eigenvalue weighted by atomic mass is 10.2. The van der Waals surface area contributed by atoms with Crippen LogP contribution in [0.2, 0.25) is 0 Å². The summed E-state index contributed by atoms with van der Waals surface area (Å²) in [5, 5.41) is 9.32. The van der Waals surface area contributed by atoms with Crippen LogP contribution in [-0.2, 0) is 51.2 Å². The maximum Gasteiger partial charge on any atom is 0.320 e. The molecular formula is C39H55N7O8. The minimum absolute atomic E-state index is 0.138. The Labute approximate surface area is 318 Å². The average molecular weight is 750 g/mol. The van der Waals surface area contributed by atoms with Crippen LogP contribution < -0.4 is 0 Å². The van der Waals surface area contributed by atoms with E-state index >= 15 is 0 Å². The summed E-state index contributed by atoms with van der Waals surface area (Å²) in [4.78, 5) is 58.9. The first-order valence-electron chi connectivity index (χ1n) is 17.7. The van der Waals surface area contributed by atoms with E-state index in [4.69, 9.17) is 30.4 Å². The molecule has 0 unspecified atom stereocenters. The van der Waals surface area contributed by atoms with Gasteiger partial charge in [-0.2, -0.15) is 10.2 Å². The number of ether oxygens (including phenoxy) is 4. The molecule has 0 saturated heterocycles. The van der Waals surface area contributed by atoms with Crippen molar-refractivity contribution in [2.75, 3.05) is 26.2 Å². The fraction of sp³-hybridized carbons (Fsp3) is 0.564. The van der Waals surface area contributed by atoms with Crippen molar-refractivity contribution in [2.45, 2.75) is 119 Å². The molecule has 3 rings (SSSR count). The van der Waals surface area contributed by atoms with Crippen LogP contribution in [0.1, 0.15) is 100 Å². The number of hydrogen-bond donors (Lipinski definition) is 0. The molecule has 0 amide bonds. The molecule has 0 fully saturated rings. The van der Waals surface area contributed by atoms with Crippen molar-refractivity contribution in [3.8, 4) is 24.0 Å². The van der Waals surface area contributed by atoms with Crippen LogP contribution >= 0.6 is 0 Å². The highest BCUT2D eigenvalue weighted by molar-refractivity contribution is 5.76. The van der Waals surface area contributed by atoms with Crippen LogP contribution in [0.4, 0.5) is 0 Å². The maximum absolute atomic E-state index is 12.7. The van der Waals surface area contributed by atoms with Gasteiger partial charge in [0.1, 0.15) is 22.4 Å². The van der Waals surface area contributed by atoms with Crippen molar-refractivity contribution in [1.82, 2.24) is 34.3 Å². The zero-order valence-electron chi connectivity index (χ0n) is 33.7. The Bertz CT molecular complexity index is 1650. The molecule has 0 saturated carbocycles. The summed E-state index contributed by atoms with van der Waals surface area (Å²) in [6.45, 7) is 20.9. The minimum atomic E-state index is -0.698. The van der Waals surface area contributed by atoms with Gasteiger partial charge in [-0.1, -0.05) is 5.92 Å². The molecule has 0 aromatic carbocycles. The fourth-order valence-corrected chi connectivity index (χ4v) is 4.99. The van der Waals surface area contributed by atoms with Crippen LogP contribution in [-0.4, -0.2) is 107 Å². The van der Waals surface area contributed by atoms with Gasteiger partial charge in [0.05, 0.1) is 37.6 Å². The van der Waals surface area contributed by atoms with Crippen molar-refractivity contribution in [2.24, 2.45) is 0 Å². The summed E-state index contributed by atoms with van der Waals surface area (Å²) in [6, 6.07) is 6.87. The Morgan fingerprint density at radius 2 is 0.889 bits per heavy atom. The Hall–Kier alpha value is -5.07. The van der Waals surface area contributed by atoms with Gasteiger partial charge in [-0.15, -0.1) is 6.42 Å². The molecule has 0 atom stereocenters. The average Bonchev–Trinajstić information content (AvgIpc) is 3.62. The third kappa shape index (κ3) is 15.9. The smallest absolute Gasteiger partial charge is 0.320 e. The van der Waals surface area contributed by atoms with Crippen molar-refractivity contribution >= 4 is 23.9 Å². The standard InChI is InChI=1S/C39H55N7O8/c1-14-27-19-30(45-17-15-28(41-45)21-43(23-32(47)51-36(2,3)4)24-33(48)52-37(5,6)7)40-31(20-27)46-18-16-29(42-46)22-44(25-34(49)53-38(8,9)10)26-35(50)54-39(11,12)13/h1,15-20H,21-26H2,2-13H3. The predicted octanol–water partition coefficient (Wildman–Crippen LogP) is 4.41. The highest BCUT2D eigenvalue weighted by atomic mass is 16.6. The molecule has 0 aliphatic carbocycles.